The van der Waals surface area contributed by atoms with Crippen LogP contribution in [0.5, 0.6) is 0 Å². The van der Waals surface area contributed by atoms with E-state index in [2.05, 4.69) is 22.9 Å². The Morgan fingerprint density at radius 2 is 1.94 bits per heavy atom. The second-order valence-electron chi connectivity index (χ2n) is 8.41. The quantitative estimate of drug-likeness (QED) is 0.164. The SMILES string of the molecule is CCCCCCCCCC(=O)N[C@@H](Cc1cc(C(=N)N)cs1)C(=O)NC(=O)[C@@H]1CCCN1. The van der Waals surface area contributed by atoms with Crippen LogP contribution in [-0.4, -0.2) is 42.2 Å². The lowest BCUT2D eigenvalue weighted by Gasteiger charge is -2.19. The van der Waals surface area contributed by atoms with E-state index in [0.29, 0.717) is 18.4 Å². The fourth-order valence-electron chi connectivity index (χ4n) is 3.75. The van der Waals surface area contributed by atoms with Gasteiger partial charge in [0.25, 0.3) is 0 Å². The average molecular weight is 464 g/mol. The fraction of sp³-hybridized carbons (Fsp3) is 0.652. The molecule has 1 saturated heterocycles. The number of rotatable bonds is 14. The van der Waals surface area contributed by atoms with Crippen LogP contribution in [0, 0.1) is 5.41 Å². The Morgan fingerprint density at radius 3 is 2.56 bits per heavy atom. The molecule has 2 heterocycles. The minimum Gasteiger partial charge on any atom is -0.384 e. The van der Waals surface area contributed by atoms with E-state index in [4.69, 9.17) is 11.1 Å². The highest BCUT2D eigenvalue weighted by Gasteiger charge is 2.28. The van der Waals surface area contributed by atoms with Crippen LogP contribution in [0.2, 0.25) is 0 Å². The van der Waals surface area contributed by atoms with Crippen molar-refractivity contribution in [2.45, 2.75) is 89.6 Å². The molecule has 0 spiro atoms. The predicted molar refractivity (Wildman–Crippen MR) is 128 cm³/mol. The molecule has 1 aromatic heterocycles. The highest BCUT2D eigenvalue weighted by molar-refractivity contribution is 7.10. The minimum absolute atomic E-state index is 0.0426. The number of imide groups is 1. The van der Waals surface area contributed by atoms with Crippen LogP contribution in [0.15, 0.2) is 11.4 Å². The number of nitrogen functional groups attached to an aromatic ring is 1. The van der Waals surface area contributed by atoms with Crippen molar-refractivity contribution >= 4 is 34.9 Å². The summed E-state index contributed by atoms with van der Waals surface area (Å²) < 4.78 is 0. The van der Waals surface area contributed by atoms with Crippen LogP contribution in [0.1, 0.15) is 81.6 Å². The number of carbonyl (C=O) groups is 3. The molecule has 0 saturated carbocycles. The topological polar surface area (TPSA) is 137 Å². The summed E-state index contributed by atoms with van der Waals surface area (Å²) in [5.74, 6) is -1.09. The number of hydrogen-bond acceptors (Lipinski definition) is 6. The van der Waals surface area contributed by atoms with Gasteiger partial charge in [-0.1, -0.05) is 45.4 Å². The zero-order chi connectivity index (χ0) is 23.3. The summed E-state index contributed by atoms with van der Waals surface area (Å²) in [5.41, 5.74) is 6.12. The van der Waals surface area contributed by atoms with Crippen LogP contribution in [-0.2, 0) is 20.8 Å². The Morgan fingerprint density at radius 1 is 1.22 bits per heavy atom. The maximum atomic E-state index is 12.8. The van der Waals surface area contributed by atoms with Gasteiger partial charge >= 0.3 is 0 Å². The molecular weight excluding hydrogens is 426 g/mol. The van der Waals surface area contributed by atoms with E-state index in [9.17, 15) is 14.4 Å². The largest absolute Gasteiger partial charge is 0.384 e. The zero-order valence-corrected chi connectivity index (χ0v) is 19.8. The van der Waals surface area contributed by atoms with E-state index in [1.165, 1.54) is 37.0 Å². The molecule has 0 radical (unpaired) electrons. The van der Waals surface area contributed by atoms with Gasteiger partial charge in [-0.15, -0.1) is 11.3 Å². The van der Waals surface area contributed by atoms with Crippen LogP contribution in [0.4, 0.5) is 0 Å². The van der Waals surface area contributed by atoms with E-state index < -0.39 is 11.9 Å². The second kappa shape index (κ2) is 14.0. The summed E-state index contributed by atoms with van der Waals surface area (Å²) in [6, 6.07) is 0.528. The van der Waals surface area contributed by atoms with Crippen molar-refractivity contribution in [1.82, 2.24) is 16.0 Å². The summed E-state index contributed by atoms with van der Waals surface area (Å²) in [5, 5.41) is 17.6. The molecule has 1 aromatic rings. The van der Waals surface area contributed by atoms with Gasteiger partial charge in [-0.2, -0.15) is 0 Å². The molecule has 178 valence electrons. The van der Waals surface area contributed by atoms with Gasteiger partial charge in [0.05, 0.1) is 6.04 Å². The lowest BCUT2D eigenvalue weighted by molar-refractivity contribution is -0.134. The molecule has 6 N–H and O–H groups in total. The smallest absolute Gasteiger partial charge is 0.249 e. The first-order valence-corrected chi connectivity index (χ1v) is 12.6. The number of hydrogen-bond donors (Lipinski definition) is 5. The Bertz CT molecular complexity index is 773. The van der Waals surface area contributed by atoms with Gasteiger partial charge in [0.15, 0.2) is 0 Å². The van der Waals surface area contributed by atoms with Crippen molar-refractivity contribution in [3.8, 4) is 0 Å². The summed E-state index contributed by atoms with van der Waals surface area (Å²) in [6.45, 7) is 2.94. The van der Waals surface area contributed by atoms with E-state index in [1.807, 2.05) is 0 Å². The van der Waals surface area contributed by atoms with Gasteiger partial charge in [-0.05, 0) is 31.9 Å². The molecule has 0 aromatic carbocycles. The van der Waals surface area contributed by atoms with Crippen molar-refractivity contribution in [3.05, 3.63) is 21.9 Å². The fourth-order valence-corrected chi connectivity index (χ4v) is 4.68. The molecule has 1 aliphatic rings. The normalized spacial score (nSPS) is 16.5. The predicted octanol–water partition coefficient (Wildman–Crippen LogP) is 2.59. The monoisotopic (exact) mass is 463 g/mol. The van der Waals surface area contributed by atoms with E-state index in [-0.39, 0.29) is 30.1 Å². The maximum absolute atomic E-state index is 12.8. The first-order valence-electron chi connectivity index (χ1n) is 11.7. The maximum Gasteiger partial charge on any atom is 0.249 e. The first kappa shape index (κ1) is 26.0. The third-order valence-electron chi connectivity index (χ3n) is 5.65. The van der Waals surface area contributed by atoms with Gasteiger partial charge in [-0.3, -0.25) is 25.1 Å². The molecule has 0 bridgehead atoms. The lowest BCUT2D eigenvalue weighted by Crippen LogP contribution is -2.52. The average Bonchev–Trinajstić information content (AvgIpc) is 3.45. The van der Waals surface area contributed by atoms with E-state index in [1.54, 1.807) is 11.4 Å². The van der Waals surface area contributed by atoms with Crippen molar-refractivity contribution in [2.24, 2.45) is 5.73 Å². The van der Waals surface area contributed by atoms with Crippen LogP contribution in [0.25, 0.3) is 0 Å². The van der Waals surface area contributed by atoms with Gasteiger partial charge in [-0.25, -0.2) is 0 Å². The lowest BCUT2D eigenvalue weighted by atomic mass is 10.1. The molecule has 2 rings (SSSR count). The van der Waals surface area contributed by atoms with Crippen molar-refractivity contribution in [1.29, 1.82) is 5.41 Å². The molecule has 1 aliphatic heterocycles. The Balaban J connectivity index is 1.90. The van der Waals surface area contributed by atoms with Crippen molar-refractivity contribution in [3.63, 3.8) is 0 Å². The van der Waals surface area contributed by atoms with Gasteiger partial charge in [0, 0.05) is 28.7 Å². The highest BCUT2D eigenvalue weighted by atomic mass is 32.1. The molecule has 3 amide bonds. The van der Waals surface area contributed by atoms with E-state index in [0.717, 1.165) is 37.1 Å². The number of amidine groups is 1. The summed E-state index contributed by atoms with van der Waals surface area (Å²) >= 11 is 1.38. The van der Waals surface area contributed by atoms with Crippen molar-refractivity contribution in [2.75, 3.05) is 6.54 Å². The number of nitrogens with one attached hydrogen (secondary N) is 4. The first-order chi connectivity index (χ1) is 15.4. The standard InChI is InChI=1S/C23H37N5O3S/c1-2-3-4-5-6-7-8-11-20(29)27-19(14-17-13-16(15-32-17)21(24)25)23(31)28-22(30)18-10-9-12-26-18/h13,15,18-19,26H,2-12,14H2,1H3,(H3,24,25)(H,27,29)(H,28,30,31)/t18-,19-/m0/s1. The molecule has 32 heavy (non-hydrogen) atoms. The number of carbonyl (C=O) groups excluding carboxylic acids is 3. The summed E-state index contributed by atoms with van der Waals surface area (Å²) in [4.78, 5) is 38.5. The Kier molecular flexibility index (Phi) is 11.4. The van der Waals surface area contributed by atoms with Gasteiger partial charge in [0.2, 0.25) is 17.7 Å². The Labute approximate surface area is 194 Å². The second-order valence-corrected chi connectivity index (χ2v) is 9.41. The molecule has 0 aliphatic carbocycles. The van der Waals surface area contributed by atoms with Gasteiger partial charge in [0.1, 0.15) is 11.9 Å². The zero-order valence-electron chi connectivity index (χ0n) is 19.0. The van der Waals surface area contributed by atoms with E-state index >= 15 is 0 Å². The molecule has 9 heteroatoms. The molecule has 8 nitrogen and oxygen atoms in total. The Hall–Kier alpha value is -2.26. The molecule has 2 atom stereocenters. The molecule has 1 fully saturated rings. The van der Waals surface area contributed by atoms with Gasteiger partial charge < -0.3 is 16.4 Å². The number of thiophene rings is 1. The summed E-state index contributed by atoms with van der Waals surface area (Å²) in [6.07, 6.45) is 9.97. The highest BCUT2D eigenvalue weighted by Crippen LogP contribution is 2.17. The number of nitrogens with two attached hydrogens (primary N) is 1. The summed E-state index contributed by atoms with van der Waals surface area (Å²) in [7, 11) is 0. The number of amides is 3. The third-order valence-corrected chi connectivity index (χ3v) is 6.61. The van der Waals surface area contributed by atoms with Crippen LogP contribution < -0.4 is 21.7 Å². The molecule has 0 unspecified atom stereocenters. The minimum atomic E-state index is -0.851. The van der Waals surface area contributed by atoms with Crippen LogP contribution in [0.3, 0.4) is 0 Å². The third kappa shape index (κ3) is 9.08. The number of unbranched alkanes of at least 4 members (excludes halogenated alkanes) is 6. The van der Waals surface area contributed by atoms with Crippen LogP contribution >= 0.6 is 11.3 Å². The van der Waals surface area contributed by atoms with Crippen molar-refractivity contribution < 1.29 is 14.4 Å². The molecular formula is C23H37N5O3S.